The molecule has 2 N–H and O–H groups in total. The molecular formula is C14H21NOS. The second-order valence-electron chi connectivity index (χ2n) is 4.64. The van der Waals surface area contributed by atoms with Crippen LogP contribution in [0.1, 0.15) is 37.7 Å². The minimum atomic E-state index is 0.824. The summed E-state index contributed by atoms with van der Waals surface area (Å²) >= 11 is 2.05. The van der Waals surface area contributed by atoms with Crippen LogP contribution in [0.15, 0.2) is 18.2 Å². The molecule has 0 bridgehead atoms. The largest absolute Gasteiger partial charge is 0.496 e. The lowest BCUT2D eigenvalue weighted by atomic mass is 10.0. The van der Waals surface area contributed by atoms with Crippen molar-refractivity contribution < 1.29 is 4.74 Å². The first-order valence-electron chi connectivity index (χ1n) is 6.33. The standard InChI is InChI=1S/C14H21NOS/c1-16-14-8-7-12(15)9-11(14)10-17-13-5-3-2-4-6-13/h7-9,13H,2-6,10,15H2,1H3. The van der Waals surface area contributed by atoms with Crippen LogP contribution in [0.3, 0.4) is 0 Å². The van der Waals surface area contributed by atoms with Crippen molar-refractivity contribution in [2.45, 2.75) is 43.1 Å². The van der Waals surface area contributed by atoms with E-state index in [1.807, 2.05) is 18.2 Å². The van der Waals surface area contributed by atoms with Crippen LogP contribution >= 0.6 is 11.8 Å². The maximum atomic E-state index is 5.83. The first-order valence-corrected chi connectivity index (χ1v) is 7.38. The van der Waals surface area contributed by atoms with Gasteiger partial charge in [-0.25, -0.2) is 0 Å². The molecule has 0 unspecified atom stereocenters. The molecule has 17 heavy (non-hydrogen) atoms. The molecule has 1 aliphatic rings. The predicted octanol–water partition coefficient (Wildman–Crippen LogP) is 3.84. The molecule has 3 heteroatoms. The molecule has 1 aliphatic carbocycles. The Labute approximate surface area is 108 Å². The summed E-state index contributed by atoms with van der Waals surface area (Å²) in [5.41, 5.74) is 7.88. The highest BCUT2D eigenvalue weighted by molar-refractivity contribution is 7.99. The lowest BCUT2D eigenvalue weighted by Crippen LogP contribution is -2.08. The summed E-state index contributed by atoms with van der Waals surface area (Å²) in [6.07, 6.45) is 6.95. The molecule has 1 aromatic rings. The Morgan fingerprint density at radius 2 is 2.06 bits per heavy atom. The average molecular weight is 251 g/mol. The van der Waals surface area contributed by atoms with E-state index < -0.39 is 0 Å². The molecule has 2 rings (SSSR count). The van der Waals surface area contributed by atoms with Crippen LogP contribution in [0.4, 0.5) is 5.69 Å². The molecule has 0 heterocycles. The van der Waals surface area contributed by atoms with E-state index >= 15 is 0 Å². The van der Waals surface area contributed by atoms with E-state index in [2.05, 4.69) is 11.8 Å². The molecule has 0 amide bonds. The van der Waals surface area contributed by atoms with Crippen molar-refractivity contribution in [3.8, 4) is 5.75 Å². The molecule has 1 fully saturated rings. The molecule has 94 valence electrons. The van der Waals surface area contributed by atoms with E-state index in [1.165, 1.54) is 37.7 Å². The number of nitrogen functional groups attached to an aromatic ring is 1. The summed E-state index contributed by atoms with van der Waals surface area (Å²) in [6, 6.07) is 5.90. The van der Waals surface area contributed by atoms with Gasteiger partial charge in [-0.2, -0.15) is 11.8 Å². The Balaban J connectivity index is 1.95. The number of methoxy groups -OCH3 is 1. The minimum Gasteiger partial charge on any atom is -0.496 e. The van der Waals surface area contributed by atoms with Gasteiger partial charge in [0.05, 0.1) is 7.11 Å². The topological polar surface area (TPSA) is 35.2 Å². The van der Waals surface area contributed by atoms with E-state index in [9.17, 15) is 0 Å². The van der Waals surface area contributed by atoms with Gasteiger partial charge in [0.2, 0.25) is 0 Å². The number of benzene rings is 1. The van der Waals surface area contributed by atoms with Gasteiger partial charge in [0, 0.05) is 22.3 Å². The predicted molar refractivity (Wildman–Crippen MR) is 75.6 cm³/mol. The fraction of sp³-hybridized carbons (Fsp3) is 0.571. The molecule has 0 saturated heterocycles. The number of anilines is 1. The van der Waals surface area contributed by atoms with Gasteiger partial charge in [0.1, 0.15) is 5.75 Å². The van der Waals surface area contributed by atoms with Crippen LogP contribution in [0.5, 0.6) is 5.75 Å². The lowest BCUT2D eigenvalue weighted by Gasteiger charge is -2.21. The third-order valence-electron chi connectivity index (χ3n) is 3.33. The molecule has 2 nitrogen and oxygen atoms in total. The van der Waals surface area contributed by atoms with E-state index in [-0.39, 0.29) is 0 Å². The summed E-state index contributed by atoms with van der Waals surface area (Å²) in [7, 11) is 1.72. The Hall–Kier alpha value is -0.830. The number of hydrogen-bond acceptors (Lipinski definition) is 3. The summed E-state index contributed by atoms with van der Waals surface area (Å²) in [5.74, 6) is 1.97. The number of ether oxygens (including phenoxy) is 1. The second-order valence-corrected chi connectivity index (χ2v) is 5.93. The Morgan fingerprint density at radius 1 is 1.29 bits per heavy atom. The zero-order valence-corrected chi connectivity index (χ0v) is 11.3. The average Bonchev–Trinajstić information content (AvgIpc) is 2.38. The van der Waals surface area contributed by atoms with Crippen LogP contribution in [0, 0.1) is 0 Å². The third-order valence-corrected chi connectivity index (χ3v) is 4.75. The van der Waals surface area contributed by atoms with Crippen LogP contribution in [-0.2, 0) is 5.75 Å². The molecule has 0 aromatic heterocycles. The molecule has 1 saturated carbocycles. The highest BCUT2D eigenvalue weighted by Crippen LogP contribution is 2.33. The van der Waals surface area contributed by atoms with E-state index in [0.717, 1.165) is 22.4 Å². The normalized spacial score (nSPS) is 17.0. The first kappa shape index (κ1) is 12.6. The van der Waals surface area contributed by atoms with Crippen molar-refractivity contribution >= 4 is 17.4 Å². The van der Waals surface area contributed by atoms with Crippen molar-refractivity contribution in [2.24, 2.45) is 0 Å². The summed E-state index contributed by atoms with van der Waals surface area (Å²) in [6.45, 7) is 0. The van der Waals surface area contributed by atoms with E-state index in [4.69, 9.17) is 10.5 Å². The van der Waals surface area contributed by atoms with Crippen LogP contribution in [0.25, 0.3) is 0 Å². The monoisotopic (exact) mass is 251 g/mol. The van der Waals surface area contributed by atoms with Crippen molar-refractivity contribution in [3.63, 3.8) is 0 Å². The minimum absolute atomic E-state index is 0.824. The van der Waals surface area contributed by atoms with Gasteiger partial charge in [-0.3, -0.25) is 0 Å². The Bertz CT molecular complexity index is 361. The first-order chi connectivity index (χ1) is 8.29. The van der Waals surface area contributed by atoms with Gasteiger partial charge < -0.3 is 10.5 Å². The Morgan fingerprint density at radius 3 is 2.76 bits per heavy atom. The molecule has 0 atom stereocenters. The van der Waals surface area contributed by atoms with Gasteiger partial charge in [0.15, 0.2) is 0 Å². The number of hydrogen-bond donors (Lipinski definition) is 1. The summed E-state index contributed by atoms with van der Waals surface area (Å²) in [5, 5.41) is 0.829. The molecule has 1 aromatic carbocycles. The van der Waals surface area contributed by atoms with Crippen molar-refractivity contribution in [1.29, 1.82) is 0 Å². The fourth-order valence-electron chi connectivity index (χ4n) is 2.35. The molecule has 0 aliphatic heterocycles. The van der Waals surface area contributed by atoms with Gasteiger partial charge in [0.25, 0.3) is 0 Å². The number of rotatable bonds is 4. The van der Waals surface area contributed by atoms with Gasteiger partial charge in [-0.1, -0.05) is 19.3 Å². The fourth-order valence-corrected chi connectivity index (χ4v) is 3.66. The smallest absolute Gasteiger partial charge is 0.123 e. The number of thioether (sulfide) groups is 1. The zero-order chi connectivity index (χ0) is 12.1. The maximum Gasteiger partial charge on any atom is 0.123 e. The van der Waals surface area contributed by atoms with Gasteiger partial charge >= 0.3 is 0 Å². The van der Waals surface area contributed by atoms with Gasteiger partial charge in [-0.15, -0.1) is 0 Å². The maximum absolute atomic E-state index is 5.83. The van der Waals surface area contributed by atoms with Crippen molar-refractivity contribution in [1.82, 2.24) is 0 Å². The summed E-state index contributed by atoms with van der Waals surface area (Å²) in [4.78, 5) is 0. The van der Waals surface area contributed by atoms with Crippen LogP contribution in [0.2, 0.25) is 0 Å². The van der Waals surface area contributed by atoms with Gasteiger partial charge in [-0.05, 0) is 31.0 Å². The van der Waals surface area contributed by atoms with Crippen LogP contribution in [-0.4, -0.2) is 12.4 Å². The number of nitrogens with two attached hydrogens (primary N) is 1. The Kier molecular flexibility index (Phi) is 4.60. The summed E-state index contributed by atoms with van der Waals surface area (Å²) < 4.78 is 5.37. The SMILES string of the molecule is COc1ccc(N)cc1CSC1CCCCC1. The molecule has 0 spiro atoms. The highest BCUT2D eigenvalue weighted by Gasteiger charge is 2.14. The third kappa shape index (κ3) is 3.56. The highest BCUT2D eigenvalue weighted by atomic mass is 32.2. The zero-order valence-electron chi connectivity index (χ0n) is 10.4. The quantitative estimate of drug-likeness (QED) is 0.826. The van der Waals surface area contributed by atoms with Crippen molar-refractivity contribution in [2.75, 3.05) is 12.8 Å². The van der Waals surface area contributed by atoms with E-state index in [0.29, 0.717) is 0 Å². The molecular weight excluding hydrogens is 230 g/mol. The van der Waals surface area contributed by atoms with Crippen molar-refractivity contribution in [3.05, 3.63) is 23.8 Å². The lowest BCUT2D eigenvalue weighted by molar-refractivity contribution is 0.411. The molecule has 0 radical (unpaired) electrons. The van der Waals surface area contributed by atoms with E-state index in [1.54, 1.807) is 7.11 Å². The van der Waals surface area contributed by atoms with Crippen LogP contribution < -0.4 is 10.5 Å². The second kappa shape index (κ2) is 6.20.